The molecule has 1 aromatic carbocycles. The molecule has 0 aliphatic rings. The van der Waals surface area contributed by atoms with Crippen molar-refractivity contribution < 1.29 is 0 Å². The van der Waals surface area contributed by atoms with Crippen LogP contribution < -0.4 is 5.32 Å². The monoisotopic (exact) mass is 281 g/mol. The molecule has 0 saturated carbocycles. The number of benzene rings is 1. The third-order valence-corrected chi connectivity index (χ3v) is 3.84. The van der Waals surface area contributed by atoms with Gasteiger partial charge in [-0.3, -0.25) is 0 Å². The minimum atomic E-state index is 0.417. The molecule has 0 radical (unpaired) electrons. The fourth-order valence-electron chi connectivity index (χ4n) is 2.61. The van der Waals surface area contributed by atoms with Crippen molar-refractivity contribution in [3.8, 4) is 0 Å². The lowest BCUT2D eigenvalue weighted by molar-refractivity contribution is 0.332. The quantitative estimate of drug-likeness (QED) is 0.654. The van der Waals surface area contributed by atoms with Gasteiger partial charge >= 0.3 is 0 Å². The molecule has 0 amide bonds. The second kappa shape index (κ2) is 8.60. The molecule has 1 rings (SSSR count). The van der Waals surface area contributed by atoms with Crippen molar-refractivity contribution in [1.29, 1.82) is 0 Å². The van der Waals surface area contributed by atoms with Crippen LogP contribution in [-0.4, -0.2) is 6.04 Å². The second-order valence-electron chi connectivity index (χ2n) is 5.71. The van der Waals surface area contributed by atoms with E-state index >= 15 is 0 Å². The van der Waals surface area contributed by atoms with Crippen LogP contribution in [0.1, 0.15) is 65.0 Å². The minimum Gasteiger partial charge on any atom is -0.307 e. The van der Waals surface area contributed by atoms with Gasteiger partial charge in [0.2, 0.25) is 0 Å². The summed E-state index contributed by atoms with van der Waals surface area (Å²) in [6, 6.07) is 9.31. The van der Waals surface area contributed by atoms with Gasteiger partial charge in [-0.05, 0) is 36.5 Å². The molecule has 0 aliphatic carbocycles. The normalized spacial score (nSPS) is 13.2. The van der Waals surface area contributed by atoms with Crippen LogP contribution >= 0.6 is 11.6 Å². The van der Waals surface area contributed by atoms with Gasteiger partial charge in [-0.2, -0.15) is 0 Å². The van der Waals surface area contributed by atoms with Crippen molar-refractivity contribution >= 4 is 11.6 Å². The van der Waals surface area contributed by atoms with Crippen LogP contribution in [0.4, 0.5) is 0 Å². The van der Waals surface area contributed by atoms with Crippen molar-refractivity contribution in [1.82, 2.24) is 5.32 Å². The third-order valence-electron chi connectivity index (χ3n) is 3.59. The molecule has 0 spiro atoms. The Balaban J connectivity index is 2.79. The molecule has 19 heavy (non-hydrogen) atoms. The van der Waals surface area contributed by atoms with Crippen LogP contribution in [-0.2, 0) is 0 Å². The van der Waals surface area contributed by atoms with Gasteiger partial charge in [0.25, 0.3) is 0 Å². The SMILES string of the molecule is CCCC(CCC)NC(c1ccc(Cl)cc1)C(C)C. The molecular weight excluding hydrogens is 254 g/mol. The molecule has 1 atom stereocenters. The van der Waals surface area contributed by atoms with Gasteiger partial charge in [0, 0.05) is 17.1 Å². The van der Waals surface area contributed by atoms with Gasteiger partial charge in [0.05, 0.1) is 0 Å². The Kier molecular flexibility index (Phi) is 7.48. The van der Waals surface area contributed by atoms with Crippen LogP contribution in [0.25, 0.3) is 0 Å². The number of hydrogen-bond donors (Lipinski definition) is 1. The van der Waals surface area contributed by atoms with Gasteiger partial charge in [0.15, 0.2) is 0 Å². The molecule has 108 valence electrons. The summed E-state index contributed by atoms with van der Waals surface area (Å²) in [5.41, 5.74) is 1.34. The number of rotatable bonds is 8. The van der Waals surface area contributed by atoms with E-state index in [2.05, 4.69) is 45.1 Å². The molecule has 1 unspecified atom stereocenters. The Morgan fingerprint density at radius 2 is 1.53 bits per heavy atom. The molecule has 1 N–H and O–H groups in total. The van der Waals surface area contributed by atoms with E-state index in [1.54, 1.807) is 0 Å². The summed E-state index contributed by atoms with van der Waals surface area (Å²) >= 11 is 5.98. The number of nitrogens with one attached hydrogen (secondary N) is 1. The van der Waals surface area contributed by atoms with Crippen molar-refractivity contribution in [2.24, 2.45) is 5.92 Å². The van der Waals surface area contributed by atoms with Crippen molar-refractivity contribution in [3.63, 3.8) is 0 Å². The lowest BCUT2D eigenvalue weighted by Gasteiger charge is -2.29. The highest BCUT2D eigenvalue weighted by Gasteiger charge is 2.19. The lowest BCUT2D eigenvalue weighted by atomic mass is 9.94. The fourth-order valence-corrected chi connectivity index (χ4v) is 2.73. The van der Waals surface area contributed by atoms with Crippen LogP contribution in [0, 0.1) is 5.92 Å². The molecule has 0 heterocycles. The summed E-state index contributed by atoms with van der Waals surface area (Å²) in [5, 5.41) is 4.66. The molecule has 0 aliphatic heterocycles. The molecule has 1 aromatic rings. The maximum absolute atomic E-state index is 5.98. The molecule has 0 fully saturated rings. The smallest absolute Gasteiger partial charge is 0.0406 e. The zero-order chi connectivity index (χ0) is 14.3. The fraction of sp³-hybridized carbons (Fsp3) is 0.647. The van der Waals surface area contributed by atoms with E-state index in [9.17, 15) is 0 Å². The molecule has 2 heteroatoms. The molecular formula is C17H28ClN. The Hall–Kier alpha value is -0.530. The first-order valence-corrected chi connectivity index (χ1v) is 7.97. The van der Waals surface area contributed by atoms with E-state index in [1.807, 2.05) is 12.1 Å². The van der Waals surface area contributed by atoms with Crippen molar-refractivity contribution in [3.05, 3.63) is 34.9 Å². The summed E-state index contributed by atoms with van der Waals surface area (Å²) in [7, 11) is 0. The van der Waals surface area contributed by atoms with E-state index in [0.29, 0.717) is 18.0 Å². The predicted octanol–water partition coefficient (Wildman–Crippen LogP) is 5.60. The first-order valence-electron chi connectivity index (χ1n) is 7.60. The Morgan fingerprint density at radius 1 is 1.00 bits per heavy atom. The first-order chi connectivity index (χ1) is 9.08. The average molecular weight is 282 g/mol. The largest absolute Gasteiger partial charge is 0.307 e. The zero-order valence-corrected chi connectivity index (χ0v) is 13.5. The standard InChI is InChI=1S/C17H28ClN/c1-5-7-16(8-6-2)19-17(13(3)4)14-9-11-15(18)12-10-14/h9-13,16-17,19H,5-8H2,1-4H3. The number of halogens is 1. The lowest BCUT2D eigenvalue weighted by Crippen LogP contribution is -2.35. The highest BCUT2D eigenvalue weighted by Crippen LogP contribution is 2.25. The summed E-state index contributed by atoms with van der Waals surface area (Å²) in [6.07, 6.45) is 4.99. The van der Waals surface area contributed by atoms with Crippen LogP contribution in [0.2, 0.25) is 5.02 Å². The average Bonchev–Trinajstić information content (AvgIpc) is 2.37. The van der Waals surface area contributed by atoms with Crippen LogP contribution in [0.3, 0.4) is 0 Å². The maximum atomic E-state index is 5.98. The van der Waals surface area contributed by atoms with Gasteiger partial charge in [-0.25, -0.2) is 0 Å². The molecule has 0 bridgehead atoms. The van der Waals surface area contributed by atoms with Gasteiger partial charge in [-0.1, -0.05) is 64.3 Å². The number of hydrogen-bond acceptors (Lipinski definition) is 1. The van der Waals surface area contributed by atoms with Crippen LogP contribution in [0.5, 0.6) is 0 Å². The van der Waals surface area contributed by atoms with E-state index in [-0.39, 0.29) is 0 Å². The predicted molar refractivity (Wildman–Crippen MR) is 85.8 cm³/mol. The minimum absolute atomic E-state index is 0.417. The summed E-state index contributed by atoms with van der Waals surface area (Å²) in [4.78, 5) is 0. The highest BCUT2D eigenvalue weighted by molar-refractivity contribution is 6.30. The summed E-state index contributed by atoms with van der Waals surface area (Å²) < 4.78 is 0. The van der Waals surface area contributed by atoms with E-state index in [4.69, 9.17) is 11.6 Å². The second-order valence-corrected chi connectivity index (χ2v) is 6.15. The highest BCUT2D eigenvalue weighted by atomic mass is 35.5. The maximum Gasteiger partial charge on any atom is 0.0406 e. The van der Waals surface area contributed by atoms with E-state index in [1.165, 1.54) is 31.2 Å². The zero-order valence-electron chi connectivity index (χ0n) is 12.7. The van der Waals surface area contributed by atoms with E-state index in [0.717, 1.165) is 5.02 Å². The Morgan fingerprint density at radius 3 is 1.95 bits per heavy atom. The third kappa shape index (κ3) is 5.54. The Bertz CT molecular complexity index is 339. The van der Waals surface area contributed by atoms with Gasteiger partial charge in [-0.15, -0.1) is 0 Å². The van der Waals surface area contributed by atoms with Crippen LogP contribution in [0.15, 0.2) is 24.3 Å². The summed E-state index contributed by atoms with van der Waals surface area (Å²) in [6.45, 7) is 9.08. The molecule has 0 aromatic heterocycles. The molecule has 1 nitrogen and oxygen atoms in total. The van der Waals surface area contributed by atoms with Gasteiger partial charge in [0.1, 0.15) is 0 Å². The molecule has 0 saturated heterocycles. The topological polar surface area (TPSA) is 12.0 Å². The summed E-state index contributed by atoms with van der Waals surface area (Å²) in [5.74, 6) is 0.581. The van der Waals surface area contributed by atoms with E-state index < -0.39 is 0 Å². The van der Waals surface area contributed by atoms with Gasteiger partial charge < -0.3 is 5.32 Å². The van der Waals surface area contributed by atoms with Crippen molar-refractivity contribution in [2.75, 3.05) is 0 Å². The van der Waals surface area contributed by atoms with Crippen molar-refractivity contribution in [2.45, 2.75) is 65.5 Å². The first kappa shape index (κ1) is 16.5. The Labute approximate surface area is 123 Å².